The number of benzene rings is 1. The lowest BCUT2D eigenvalue weighted by molar-refractivity contribution is 0.0598. The summed E-state index contributed by atoms with van der Waals surface area (Å²) < 4.78 is 5.31. The third kappa shape index (κ3) is 3.33. The Hall–Kier alpha value is -2.34. The number of aromatic amines is 1. The first kappa shape index (κ1) is 17.1. The highest BCUT2D eigenvalue weighted by molar-refractivity contribution is 7.09. The molecule has 6 heteroatoms. The van der Waals surface area contributed by atoms with E-state index in [-0.39, 0.29) is 11.9 Å². The fourth-order valence-corrected chi connectivity index (χ4v) is 4.48. The molecule has 5 nitrogen and oxygen atoms in total. The van der Waals surface area contributed by atoms with Crippen LogP contribution in [0, 0.1) is 0 Å². The highest BCUT2D eigenvalue weighted by atomic mass is 32.1. The maximum absolute atomic E-state index is 13.3. The Kier molecular flexibility index (Phi) is 4.93. The summed E-state index contributed by atoms with van der Waals surface area (Å²) in [6.07, 6.45) is 5.36. The monoisotopic (exact) mass is 369 g/mol. The molecule has 2 aromatic heterocycles. The van der Waals surface area contributed by atoms with Crippen LogP contribution in [0.5, 0.6) is 5.75 Å². The van der Waals surface area contributed by atoms with Crippen molar-refractivity contribution in [1.29, 1.82) is 0 Å². The lowest BCUT2D eigenvalue weighted by atomic mass is 9.97. The number of ether oxygens (including phenoxy) is 1. The molecule has 1 saturated heterocycles. The Balaban J connectivity index is 1.56. The number of piperidine rings is 1. The van der Waals surface area contributed by atoms with Gasteiger partial charge in [-0.15, -0.1) is 11.3 Å². The Labute approximate surface area is 157 Å². The number of methoxy groups -OCH3 is 1. The summed E-state index contributed by atoms with van der Waals surface area (Å²) in [5.41, 5.74) is 1.36. The van der Waals surface area contributed by atoms with Gasteiger partial charge in [0.25, 0.3) is 5.91 Å². The number of nitrogens with zero attached hydrogens (tertiary/aromatic N) is 2. The Bertz CT molecular complexity index is 888. The number of thiophene rings is 1. The standard InChI is InChI=1S/C20H23N3O2S/c1-25-15-8-10-18-17(13-15)19(22-21-18)20(24)23-11-3-2-5-14(23)7-9-16-6-4-12-26-16/h4,6,8,10,12-14H,2-3,5,7,9,11H2,1H3,(H,21,22). The van der Waals surface area contributed by atoms with Gasteiger partial charge in [-0.3, -0.25) is 9.89 Å². The highest BCUT2D eigenvalue weighted by Crippen LogP contribution is 2.27. The van der Waals surface area contributed by atoms with Crippen LogP contribution >= 0.6 is 11.3 Å². The number of fused-ring (bicyclic) bond motifs is 1. The van der Waals surface area contributed by atoms with E-state index in [4.69, 9.17) is 4.74 Å². The molecule has 26 heavy (non-hydrogen) atoms. The molecule has 1 unspecified atom stereocenters. The number of hydrogen-bond donors (Lipinski definition) is 1. The van der Waals surface area contributed by atoms with E-state index in [1.54, 1.807) is 18.4 Å². The van der Waals surface area contributed by atoms with E-state index in [1.807, 2.05) is 23.1 Å². The Morgan fingerprint density at radius 1 is 1.38 bits per heavy atom. The third-order valence-electron chi connectivity index (χ3n) is 5.16. The van der Waals surface area contributed by atoms with Crippen molar-refractivity contribution in [2.24, 2.45) is 0 Å². The highest BCUT2D eigenvalue weighted by Gasteiger charge is 2.29. The van der Waals surface area contributed by atoms with Crippen LogP contribution in [0.4, 0.5) is 0 Å². The van der Waals surface area contributed by atoms with E-state index >= 15 is 0 Å². The molecule has 1 amide bonds. The van der Waals surface area contributed by atoms with Crippen LogP contribution in [0.2, 0.25) is 0 Å². The maximum Gasteiger partial charge on any atom is 0.275 e. The van der Waals surface area contributed by atoms with Crippen molar-refractivity contribution in [2.45, 2.75) is 38.1 Å². The summed E-state index contributed by atoms with van der Waals surface area (Å²) in [7, 11) is 1.63. The number of aromatic nitrogens is 2. The normalized spacial score (nSPS) is 17.6. The maximum atomic E-state index is 13.3. The molecule has 1 fully saturated rings. The molecular formula is C20H23N3O2S. The van der Waals surface area contributed by atoms with Crippen molar-refractivity contribution >= 4 is 28.1 Å². The number of hydrogen-bond acceptors (Lipinski definition) is 4. The molecule has 4 rings (SSSR count). The molecule has 0 radical (unpaired) electrons. The van der Waals surface area contributed by atoms with Gasteiger partial charge in [0, 0.05) is 22.8 Å². The summed E-state index contributed by atoms with van der Waals surface area (Å²) in [4.78, 5) is 16.7. The molecule has 1 N–H and O–H groups in total. The number of rotatable bonds is 5. The SMILES string of the molecule is COc1ccc2[nH]nc(C(=O)N3CCCCC3CCc3cccs3)c2c1. The van der Waals surface area contributed by atoms with Gasteiger partial charge in [0.15, 0.2) is 5.69 Å². The fourth-order valence-electron chi connectivity index (χ4n) is 3.75. The van der Waals surface area contributed by atoms with Crippen molar-refractivity contribution in [1.82, 2.24) is 15.1 Å². The van der Waals surface area contributed by atoms with Crippen molar-refractivity contribution in [3.8, 4) is 5.75 Å². The molecule has 1 atom stereocenters. The van der Waals surface area contributed by atoms with E-state index in [0.29, 0.717) is 5.69 Å². The van der Waals surface area contributed by atoms with Crippen molar-refractivity contribution in [3.63, 3.8) is 0 Å². The summed E-state index contributed by atoms with van der Waals surface area (Å²) >= 11 is 1.79. The minimum absolute atomic E-state index is 0.0281. The van der Waals surface area contributed by atoms with E-state index in [0.717, 1.165) is 48.9 Å². The lowest BCUT2D eigenvalue weighted by Crippen LogP contribution is -2.44. The number of carbonyl (C=O) groups excluding carboxylic acids is 1. The van der Waals surface area contributed by atoms with Gasteiger partial charge in [0.2, 0.25) is 0 Å². The molecular weight excluding hydrogens is 346 g/mol. The van der Waals surface area contributed by atoms with Crippen LogP contribution < -0.4 is 4.74 Å². The van der Waals surface area contributed by atoms with Crippen LogP contribution in [0.3, 0.4) is 0 Å². The molecule has 1 aromatic carbocycles. The number of H-pyrrole nitrogens is 1. The van der Waals surface area contributed by atoms with E-state index in [1.165, 1.54) is 11.3 Å². The first-order valence-corrected chi connectivity index (χ1v) is 9.99. The third-order valence-corrected chi connectivity index (χ3v) is 6.10. The average molecular weight is 369 g/mol. The largest absolute Gasteiger partial charge is 0.497 e. The van der Waals surface area contributed by atoms with E-state index in [2.05, 4.69) is 27.7 Å². The van der Waals surface area contributed by atoms with Crippen LogP contribution in [-0.4, -0.2) is 40.7 Å². The van der Waals surface area contributed by atoms with Crippen LogP contribution in [0.15, 0.2) is 35.7 Å². The van der Waals surface area contributed by atoms with Gasteiger partial charge in [-0.1, -0.05) is 6.07 Å². The predicted molar refractivity (Wildman–Crippen MR) is 104 cm³/mol. The second kappa shape index (κ2) is 7.50. The van der Waals surface area contributed by atoms with Crippen molar-refractivity contribution in [3.05, 3.63) is 46.3 Å². The van der Waals surface area contributed by atoms with Crippen LogP contribution in [-0.2, 0) is 6.42 Å². The van der Waals surface area contributed by atoms with Gasteiger partial charge >= 0.3 is 0 Å². The summed E-state index contributed by atoms with van der Waals surface area (Å²) in [5.74, 6) is 0.765. The molecule has 0 aliphatic carbocycles. The Morgan fingerprint density at radius 3 is 3.12 bits per heavy atom. The van der Waals surface area contributed by atoms with Crippen LogP contribution in [0.1, 0.15) is 41.0 Å². The second-order valence-corrected chi connectivity index (χ2v) is 7.78. The van der Waals surface area contributed by atoms with Gasteiger partial charge in [-0.2, -0.15) is 5.10 Å². The first-order valence-electron chi connectivity index (χ1n) is 9.11. The molecule has 136 valence electrons. The number of likely N-dealkylation sites (tertiary alicyclic amines) is 1. The number of aryl methyl sites for hydroxylation is 1. The Morgan fingerprint density at radius 2 is 2.31 bits per heavy atom. The molecule has 1 aliphatic heterocycles. The van der Waals surface area contributed by atoms with Gasteiger partial charge in [-0.25, -0.2) is 0 Å². The average Bonchev–Trinajstić information content (AvgIpc) is 3.35. The summed E-state index contributed by atoms with van der Waals surface area (Å²) in [6, 6.07) is 10.2. The molecule has 0 saturated carbocycles. The topological polar surface area (TPSA) is 58.2 Å². The summed E-state index contributed by atoms with van der Waals surface area (Å²) in [5, 5.41) is 10.2. The molecule has 3 heterocycles. The van der Waals surface area contributed by atoms with Gasteiger partial charge in [0.1, 0.15) is 5.75 Å². The quantitative estimate of drug-likeness (QED) is 0.731. The van der Waals surface area contributed by atoms with E-state index < -0.39 is 0 Å². The number of nitrogens with one attached hydrogen (secondary N) is 1. The van der Waals surface area contributed by atoms with Gasteiger partial charge in [0.05, 0.1) is 12.6 Å². The zero-order valence-electron chi connectivity index (χ0n) is 14.9. The molecule has 0 bridgehead atoms. The van der Waals surface area contributed by atoms with Gasteiger partial charge in [-0.05, 0) is 61.7 Å². The molecule has 0 spiro atoms. The second-order valence-electron chi connectivity index (χ2n) is 6.75. The predicted octanol–water partition coefficient (Wildman–Crippen LogP) is 4.26. The molecule has 1 aliphatic rings. The minimum atomic E-state index is 0.0281. The van der Waals surface area contributed by atoms with Crippen LogP contribution in [0.25, 0.3) is 10.9 Å². The van der Waals surface area contributed by atoms with E-state index in [9.17, 15) is 4.79 Å². The first-order chi connectivity index (χ1) is 12.8. The van der Waals surface area contributed by atoms with Crippen molar-refractivity contribution in [2.75, 3.05) is 13.7 Å². The van der Waals surface area contributed by atoms with Crippen molar-refractivity contribution < 1.29 is 9.53 Å². The number of amides is 1. The minimum Gasteiger partial charge on any atom is -0.497 e. The zero-order chi connectivity index (χ0) is 17.9. The van der Waals surface area contributed by atoms with Gasteiger partial charge < -0.3 is 9.64 Å². The summed E-state index contributed by atoms with van der Waals surface area (Å²) in [6.45, 7) is 0.812. The number of carbonyl (C=O) groups is 1. The fraction of sp³-hybridized carbons (Fsp3) is 0.400. The lowest BCUT2D eigenvalue weighted by Gasteiger charge is -2.35. The smallest absolute Gasteiger partial charge is 0.275 e. The molecule has 3 aromatic rings. The zero-order valence-corrected chi connectivity index (χ0v) is 15.7.